The van der Waals surface area contributed by atoms with E-state index in [2.05, 4.69) is 18.0 Å². The summed E-state index contributed by atoms with van der Waals surface area (Å²) in [6.07, 6.45) is 5.78. The molecular formula is C12H19N. The fourth-order valence-electron chi connectivity index (χ4n) is 1.84. The molecule has 0 bridgehead atoms. The Morgan fingerprint density at radius 2 is 2.15 bits per heavy atom. The quantitative estimate of drug-likeness (QED) is 0.590. The van der Waals surface area contributed by atoms with Gasteiger partial charge in [-0.3, -0.25) is 4.98 Å². The van der Waals surface area contributed by atoms with Crippen molar-refractivity contribution < 1.29 is 0 Å². The van der Waals surface area contributed by atoms with Crippen LogP contribution in [0.1, 0.15) is 50.8 Å². The first kappa shape index (κ1) is 10.2. The lowest BCUT2D eigenvalue weighted by Gasteiger charge is -2.20. The van der Waals surface area contributed by atoms with E-state index in [-0.39, 0.29) is 0 Å². The summed E-state index contributed by atoms with van der Waals surface area (Å²) in [6, 6.07) is 4.24. The zero-order chi connectivity index (χ0) is 9.68. The Kier molecular flexibility index (Phi) is 3.94. The predicted octanol–water partition coefficient (Wildman–Crippen LogP) is 3.55. The molecule has 1 aliphatic rings. The number of aromatic nitrogens is 1. The van der Waals surface area contributed by atoms with Gasteiger partial charge in [0, 0.05) is 11.9 Å². The summed E-state index contributed by atoms with van der Waals surface area (Å²) in [6.45, 7) is 6.27. The average Bonchev–Trinajstić information content (AvgIpc) is 2.22. The highest BCUT2D eigenvalue weighted by atomic mass is 14.7. The molecule has 1 unspecified atom stereocenters. The van der Waals surface area contributed by atoms with Crippen LogP contribution in [0.2, 0.25) is 0 Å². The molecule has 0 fully saturated rings. The zero-order valence-electron chi connectivity index (χ0n) is 8.88. The normalized spacial score (nSPS) is 19.8. The van der Waals surface area contributed by atoms with Gasteiger partial charge >= 0.3 is 0 Å². The molecular weight excluding hydrogens is 158 g/mol. The van der Waals surface area contributed by atoms with E-state index in [4.69, 9.17) is 0 Å². The third kappa shape index (κ3) is 2.30. The molecule has 0 amide bonds. The second kappa shape index (κ2) is 5.00. The fraction of sp³-hybridized carbons (Fsp3) is 0.583. The molecule has 0 N–H and O–H groups in total. The average molecular weight is 177 g/mol. The second-order valence-electron chi connectivity index (χ2n) is 3.34. The minimum atomic E-state index is 0.681. The zero-order valence-corrected chi connectivity index (χ0v) is 8.88. The van der Waals surface area contributed by atoms with E-state index in [0.29, 0.717) is 5.92 Å². The van der Waals surface area contributed by atoms with Crippen LogP contribution in [0, 0.1) is 0 Å². The van der Waals surface area contributed by atoms with Crippen LogP contribution in [0.4, 0.5) is 0 Å². The highest BCUT2D eigenvalue weighted by Gasteiger charge is 2.15. The number of rotatable bonds is 0. The number of aryl methyl sites for hydroxylation is 1. The van der Waals surface area contributed by atoms with E-state index in [1.807, 2.05) is 26.1 Å². The van der Waals surface area contributed by atoms with Gasteiger partial charge < -0.3 is 0 Å². The Morgan fingerprint density at radius 1 is 1.38 bits per heavy atom. The van der Waals surface area contributed by atoms with E-state index >= 15 is 0 Å². The molecule has 1 nitrogen and oxygen atoms in total. The van der Waals surface area contributed by atoms with E-state index in [9.17, 15) is 0 Å². The van der Waals surface area contributed by atoms with Crippen molar-refractivity contribution in [3.05, 3.63) is 29.6 Å². The molecule has 0 radical (unpaired) electrons. The van der Waals surface area contributed by atoms with Crippen molar-refractivity contribution in [2.24, 2.45) is 0 Å². The molecule has 0 aromatic carbocycles. The van der Waals surface area contributed by atoms with Crippen molar-refractivity contribution in [2.45, 2.75) is 46.0 Å². The Bertz CT molecular complexity index is 255. The molecule has 1 atom stereocenters. The molecule has 1 heterocycles. The first-order valence-corrected chi connectivity index (χ1v) is 5.31. The lowest BCUT2D eigenvalue weighted by molar-refractivity contribution is 0.573. The molecule has 1 aromatic rings. The largest absolute Gasteiger partial charge is 0.261 e. The number of nitrogens with zero attached hydrogens (tertiary/aromatic N) is 1. The van der Waals surface area contributed by atoms with Crippen LogP contribution in [0.25, 0.3) is 0 Å². The summed E-state index contributed by atoms with van der Waals surface area (Å²) in [4.78, 5) is 4.40. The van der Waals surface area contributed by atoms with Crippen molar-refractivity contribution in [1.29, 1.82) is 0 Å². The topological polar surface area (TPSA) is 12.9 Å². The van der Waals surface area contributed by atoms with Gasteiger partial charge in [0.05, 0.1) is 0 Å². The Balaban J connectivity index is 0.000000396. The van der Waals surface area contributed by atoms with Gasteiger partial charge in [0.15, 0.2) is 0 Å². The molecule has 72 valence electrons. The van der Waals surface area contributed by atoms with E-state index < -0.39 is 0 Å². The first-order chi connectivity index (χ1) is 6.38. The number of hydrogen-bond donors (Lipinski definition) is 0. The third-order valence-electron chi connectivity index (χ3n) is 2.48. The van der Waals surface area contributed by atoms with Gasteiger partial charge in [-0.05, 0) is 36.8 Å². The summed E-state index contributed by atoms with van der Waals surface area (Å²) >= 11 is 0. The van der Waals surface area contributed by atoms with Crippen molar-refractivity contribution in [3.63, 3.8) is 0 Å². The maximum atomic E-state index is 4.40. The van der Waals surface area contributed by atoms with Gasteiger partial charge in [-0.2, -0.15) is 0 Å². The Morgan fingerprint density at radius 3 is 2.85 bits per heavy atom. The van der Waals surface area contributed by atoms with Crippen LogP contribution in [-0.4, -0.2) is 4.98 Å². The van der Waals surface area contributed by atoms with Crippen LogP contribution in [-0.2, 0) is 6.42 Å². The van der Waals surface area contributed by atoms with Crippen molar-refractivity contribution in [3.8, 4) is 0 Å². The molecule has 2 rings (SSSR count). The lowest BCUT2D eigenvalue weighted by atomic mass is 9.88. The van der Waals surface area contributed by atoms with E-state index in [1.54, 1.807) is 0 Å². The predicted molar refractivity (Wildman–Crippen MR) is 56.9 cm³/mol. The molecule has 1 aromatic heterocycles. The van der Waals surface area contributed by atoms with Gasteiger partial charge in [-0.25, -0.2) is 0 Å². The molecule has 0 saturated heterocycles. The summed E-state index contributed by atoms with van der Waals surface area (Å²) < 4.78 is 0. The van der Waals surface area contributed by atoms with E-state index in [0.717, 1.165) is 0 Å². The van der Waals surface area contributed by atoms with Crippen LogP contribution >= 0.6 is 0 Å². The minimum absolute atomic E-state index is 0.681. The summed E-state index contributed by atoms with van der Waals surface area (Å²) in [5.74, 6) is 0.681. The van der Waals surface area contributed by atoms with Gasteiger partial charge in [0.2, 0.25) is 0 Å². The standard InChI is InChI=1S/C10H13N.C2H6/c1-8-4-2-5-9-6-3-7-11-10(8)9;1-2/h3,6-8H,2,4-5H2,1H3;1-2H3. The number of hydrogen-bond acceptors (Lipinski definition) is 1. The molecule has 0 saturated carbocycles. The molecule has 13 heavy (non-hydrogen) atoms. The van der Waals surface area contributed by atoms with Crippen molar-refractivity contribution in [1.82, 2.24) is 4.98 Å². The fourth-order valence-corrected chi connectivity index (χ4v) is 1.84. The van der Waals surface area contributed by atoms with Crippen LogP contribution < -0.4 is 0 Å². The Labute approximate surface area is 81.2 Å². The highest BCUT2D eigenvalue weighted by molar-refractivity contribution is 5.25. The molecule has 0 aliphatic heterocycles. The number of fused-ring (bicyclic) bond motifs is 1. The molecule has 0 spiro atoms. The molecule has 1 aliphatic carbocycles. The third-order valence-corrected chi connectivity index (χ3v) is 2.48. The Hall–Kier alpha value is -0.850. The van der Waals surface area contributed by atoms with Crippen LogP contribution in [0.5, 0.6) is 0 Å². The lowest BCUT2D eigenvalue weighted by Crippen LogP contribution is -2.08. The minimum Gasteiger partial charge on any atom is -0.261 e. The van der Waals surface area contributed by atoms with Gasteiger partial charge in [-0.15, -0.1) is 0 Å². The van der Waals surface area contributed by atoms with Crippen LogP contribution in [0.15, 0.2) is 18.3 Å². The van der Waals surface area contributed by atoms with Crippen molar-refractivity contribution in [2.75, 3.05) is 0 Å². The first-order valence-electron chi connectivity index (χ1n) is 5.31. The highest BCUT2D eigenvalue weighted by Crippen LogP contribution is 2.28. The monoisotopic (exact) mass is 177 g/mol. The van der Waals surface area contributed by atoms with Gasteiger partial charge in [0.25, 0.3) is 0 Å². The summed E-state index contributed by atoms with van der Waals surface area (Å²) in [5, 5.41) is 0. The summed E-state index contributed by atoms with van der Waals surface area (Å²) in [5.41, 5.74) is 2.80. The molecule has 1 heteroatoms. The van der Waals surface area contributed by atoms with E-state index in [1.165, 1.54) is 30.5 Å². The maximum absolute atomic E-state index is 4.40. The van der Waals surface area contributed by atoms with Gasteiger partial charge in [0.1, 0.15) is 0 Å². The SMILES string of the molecule is CC.CC1CCCc2cccnc21. The summed E-state index contributed by atoms with van der Waals surface area (Å²) in [7, 11) is 0. The second-order valence-corrected chi connectivity index (χ2v) is 3.34. The van der Waals surface area contributed by atoms with Crippen LogP contribution in [0.3, 0.4) is 0 Å². The van der Waals surface area contributed by atoms with Gasteiger partial charge in [-0.1, -0.05) is 26.8 Å². The smallest absolute Gasteiger partial charge is 0.0463 e. The van der Waals surface area contributed by atoms with Crippen molar-refractivity contribution >= 4 is 0 Å². The maximum Gasteiger partial charge on any atom is 0.0463 e. The number of pyridine rings is 1.